The lowest BCUT2D eigenvalue weighted by molar-refractivity contribution is -0.385. The predicted molar refractivity (Wildman–Crippen MR) is 183 cm³/mol. The molecule has 0 amide bonds. The Hall–Kier alpha value is -8.06. The highest BCUT2D eigenvalue weighted by Gasteiger charge is 2.09. The molecule has 5 rings (SSSR count). The van der Waals surface area contributed by atoms with E-state index in [1.165, 1.54) is 97.1 Å². The van der Waals surface area contributed by atoms with Crippen molar-refractivity contribution in [1.29, 1.82) is 0 Å². The standard InChI is InChI=1S/C38H18N4O8/c43-39(44)35-17-5-27(6-18-35)1-13-31-25-33(15-3-29-9-21-37(22-10-29)41(47)48)34(16-4-30-11-23-38(24-12-30)42(49)50)26-32(31)14-2-28-7-19-36(20-8-28)40(45)46/h5-12,17-26H. The smallest absolute Gasteiger partial charge is 0.258 e. The van der Waals surface area contributed by atoms with Crippen LogP contribution in [0.25, 0.3) is 0 Å². The third-order valence-electron chi connectivity index (χ3n) is 6.84. The van der Waals surface area contributed by atoms with Crippen LogP contribution < -0.4 is 0 Å². The van der Waals surface area contributed by atoms with E-state index in [0.717, 1.165) is 0 Å². The molecule has 0 aliphatic rings. The van der Waals surface area contributed by atoms with Gasteiger partial charge in [-0.15, -0.1) is 0 Å². The van der Waals surface area contributed by atoms with Gasteiger partial charge in [-0.25, -0.2) is 0 Å². The second-order valence-corrected chi connectivity index (χ2v) is 10.2. The number of nitro benzene ring substituents is 4. The van der Waals surface area contributed by atoms with Crippen molar-refractivity contribution >= 4 is 22.7 Å². The van der Waals surface area contributed by atoms with Crippen LogP contribution in [-0.2, 0) is 0 Å². The summed E-state index contributed by atoms with van der Waals surface area (Å²) < 4.78 is 0. The maximum Gasteiger partial charge on any atom is 0.269 e. The number of rotatable bonds is 4. The Morgan fingerprint density at radius 2 is 0.480 bits per heavy atom. The van der Waals surface area contributed by atoms with Gasteiger partial charge in [0.25, 0.3) is 22.7 Å². The van der Waals surface area contributed by atoms with Crippen LogP contribution in [0.1, 0.15) is 44.5 Å². The first-order valence-corrected chi connectivity index (χ1v) is 14.3. The third kappa shape index (κ3) is 8.60. The molecule has 0 radical (unpaired) electrons. The Bertz CT molecular complexity index is 2080. The average molecular weight is 659 g/mol. The molecule has 0 aliphatic carbocycles. The summed E-state index contributed by atoms with van der Waals surface area (Å²) in [6.45, 7) is 0. The fraction of sp³-hybridized carbons (Fsp3) is 0. The lowest BCUT2D eigenvalue weighted by Crippen LogP contribution is -1.93. The molecule has 5 aromatic rings. The van der Waals surface area contributed by atoms with Gasteiger partial charge >= 0.3 is 0 Å². The molecular weight excluding hydrogens is 640 g/mol. The molecule has 238 valence electrons. The van der Waals surface area contributed by atoms with Crippen molar-refractivity contribution in [3.05, 3.63) is 194 Å². The van der Waals surface area contributed by atoms with Gasteiger partial charge in [0.15, 0.2) is 0 Å². The highest BCUT2D eigenvalue weighted by molar-refractivity contribution is 5.64. The monoisotopic (exact) mass is 658 g/mol. The van der Waals surface area contributed by atoms with Gasteiger partial charge in [-0.2, -0.15) is 0 Å². The second kappa shape index (κ2) is 15.0. The number of nitrogens with zero attached hydrogens (tertiary/aromatic N) is 4. The molecule has 50 heavy (non-hydrogen) atoms. The van der Waals surface area contributed by atoms with Crippen LogP contribution in [0.5, 0.6) is 0 Å². The number of nitro groups is 4. The average Bonchev–Trinajstić information content (AvgIpc) is 3.12. The third-order valence-corrected chi connectivity index (χ3v) is 6.84. The van der Waals surface area contributed by atoms with Crippen LogP contribution >= 0.6 is 0 Å². The van der Waals surface area contributed by atoms with Crippen molar-refractivity contribution in [3.63, 3.8) is 0 Å². The SMILES string of the molecule is O=[N+]([O-])c1ccc(C#Cc2cc(C#Cc3ccc([N+](=O)[O-])cc3)c(C#Cc3ccc([N+](=O)[O-])cc3)cc2C#Cc2ccc([N+](=O)[O-])cc2)cc1. The molecule has 12 heteroatoms. The van der Waals surface area contributed by atoms with Gasteiger partial charge in [0.05, 0.1) is 19.7 Å². The van der Waals surface area contributed by atoms with Crippen LogP contribution in [0, 0.1) is 87.8 Å². The van der Waals surface area contributed by atoms with Crippen molar-refractivity contribution < 1.29 is 19.7 Å². The molecule has 0 fully saturated rings. The summed E-state index contributed by atoms with van der Waals surface area (Å²) in [4.78, 5) is 42.3. The molecule has 0 unspecified atom stereocenters. The number of benzene rings is 5. The fourth-order valence-corrected chi connectivity index (χ4v) is 4.24. The number of hydrogen-bond acceptors (Lipinski definition) is 8. The minimum absolute atomic E-state index is 0.0926. The molecule has 0 heterocycles. The molecule has 0 saturated heterocycles. The topological polar surface area (TPSA) is 173 Å². The van der Waals surface area contributed by atoms with Crippen molar-refractivity contribution in [2.24, 2.45) is 0 Å². The van der Waals surface area contributed by atoms with Crippen LogP contribution in [0.3, 0.4) is 0 Å². The molecule has 0 spiro atoms. The predicted octanol–water partition coefficient (Wildman–Crippen LogP) is 6.92. The zero-order valence-electron chi connectivity index (χ0n) is 25.4. The van der Waals surface area contributed by atoms with Crippen LogP contribution in [0.4, 0.5) is 22.7 Å². The van der Waals surface area contributed by atoms with Crippen molar-refractivity contribution in [2.45, 2.75) is 0 Å². The van der Waals surface area contributed by atoms with E-state index in [2.05, 4.69) is 47.4 Å². The largest absolute Gasteiger partial charge is 0.269 e. The number of hydrogen-bond donors (Lipinski definition) is 0. The van der Waals surface area contributed by atoms with Gasteiger partial charge in [-0.3, -0.25) is 40.5 Å². The Morgan fingerprint density at radius 1 is 0.300 bits per heavy atom. The van der Waals surface area contributed by atoms with E-state index < -0.39 is 19.7 Å². The van der Waals surface area contributed by atoms with E-state index in [9.17, 15) is 40.5 Å². The van der Waals surface area contributed by atoms with E-state index in [4.69, 9.17) is 0 Å². The zero-order chi connectivity index (χ0) is 35.6. The Kier molecular flexibility index (Phi) is 10.0. The summed E-state index contributed by atoms with van der Waals surface area (Å²) in [5.41, 5.74) is 3.29. The van der Waals surface area contributed by atoms with Gasteiger partial charge in [-0.05, 0) is 60.7 Å². The molecule has 0 aromatic heterocycles. The normalized spacial score (nSPS) is 9.60. The molecular formula is C38H18N4O8. The summed E-state index contributed by atoms with van der Waals surface area (Å²) in [5, 5.41) is 44.3. The van der Waals surface area contributed by atoms with Crippen molar-refractivity contribution in [1.82, 2.24) is 0 Å². The van der Waals surface area contributed by atoms with Crippen LogP contribution in [0.15, 0.2) is 109 Å². The second-order valence-electron chi connectivity index (χ2n) is 10.2. The first-order valence-electron chi connectivity index (χ1n) is 14.3. The zero-order valence-corrected chi connectivity index (χ0v) is 25.4. The van der Waals surface area contributed by atoms with Crippen LogP contribution in [0.2, 0.25) is 0 Å². The van der Waals surface area contributed by atoms with E-state index in [-0.39, 0.29) is 22.7 Å². The molecule has 0 bridgehead atoms. The van der Waals surface area contributed by atoms with Gasteiger partial charge in [0.1, 0.15) is 0 Å². The van der Waals surface area contributed by atoms with Gasteiger partial charge in [0.2, 0.25) is 0 Å². The van der Waals surface area contributed by atoms with Crippen LogP contribution in [-0.4, -0.2) is 19.7 Å². The van der Waals surface area contributed by atoms with E-state index >= 15 is 0 Å². The lowest BCUT2D eigenvalue weighted by atomic mass is 9.97. The molecule has 0 N–H and O–H groups in total. The fourth-order valence-electron chi connectivity index (χ4n) is 4.24. The van der Waals surface area contributed by atoms with Crippen molar-refractivity contribution in [2.75, 3.05) is 0 Å². The molecule has 0 saturated carbocycles. The summed E-state index contributed by atoms with van der Waals surface area (Å²) in [7, 11) is 0. The summed E-state index contributed by atoms with van der Waals surface area (Å²) in [5.74, 6) is 24.1. The Morgan fingerprint density at radius 3 is 0.640 bits per heavy atom. The molecule has 12 nitrogen and oxygen atoms in total. The number of non-ortho nitro benzene ring substituents is 4. The quantitative estimate of drug-likeness (QED) is 0.114. The first kappa shape index (κ1) is 33.3. The van der Waals surface area contributed by atoms with E-state index in [1.807, 2.05) is 0 Å². The summed E-state index contributed by atoms with van der Waals surface area (Å²) in [6, 6.07) is 26.0. The maximum absolute atomic E-state index is 11.1. The summed E-state index contributed by atoms with van der Waals surface area (Å²) in [6.07, 6.45) is 0. The Labute approximate surface area is 283 Å². The molecule has 5 aromatic carbocycles. The van der Waals surface area contributed by atoms with E-state index in [1.54, 1.807) is 12.1 Å². The first-order chi connectivity index (χ1) is 24.0. The molecule has 0 aliphatic heterocycles. The van der Waals surface area contributed by atoms with Crippen molar-refractivity contribution in [3.8, 4) is 47.4 Å². The summed E-state index contributed by atoms with van der Waals surface area (Å²) >= 11 is 0. The molecule has 0 atom stereocenters. The Balaban J connectivity index is 1.66. The van der Waals surface area contributed by atoms with Gasteiger partial charge < -0.3 is 0 Å². The highest BCUT2D eigenvalue weighted by Crippen LogP contribution is 2.19. The maximum atomic E-state index is 11.1. The highest BCUT2D eigenvalue weighted by atomic mass is 16.6. The minimum Gasteiger partial charge on any atom is -0.258 e. The lowest BCUT2D eigenvalue weighted by Gasteiger charge is -2.04. The van der Waals surface area contributed by atoms with E-state index in [0.29, 0.717) is 44.5 Å². The van der Waals surface area contributed by atoms with Gasteiger partial charge in [0, 0.05) is 93.0 Å². The minimum atomic E-state index is -0.518. The van der Waals surface area contributed by atoms with Gasteiger partial charge in [-0.1, -0.05) is 47.4 Å².